The molecule has 0 aliphatic carbocycles. The second-order valence-corrected chi connectivity index (χ2v) is 4.28. The van der Waals surface area contributed by atoms with Crippen LogP contribution in [-0.2, 0) is 0 Å². The van der Waals surface area contributed by atoms with E-state index in [0.717, 1.165) is 0 Å². The average molecular weight is 249 g/mol. The summed E-state index contributed by atoms with van der Waals surface area (Å²) in [5.74, 6) is 0.178. The van der Waals surface area contributed by atoms with Crippen LogP contribution in [0.2, 0.25) is 0 Å². The molecule has 1 aromatic rings. The third kappa shape index (κ3) is 3.18. The number of rotatable bonds is 5. The quantitative estimate of drug-likeness (QED) is 0.613. The number of hydrogen-bond acceptors (Lipinski definition) is 5. The Labute approximate surface area is 105 Å². The van der Waals surface area contributed by atoms with Crippen LogP contribution >= 0.6 is 0 Å². The summed E-state index contributed by atoms with van der Waals surface area (Å²) in [6.45, 7) is 3.80. The molecule has 0 spiro atoms. The number of nitrogens with zero attached hydrogens (tertiary/aromatic N) is 2. The summed E-state index contributed by atoms with van der Waals surface area (Å²) in [5.41, 5.74) is 0.571. The molecule has 0 saturated heterocycles. The van der Waals surface area contributed by atoms with Crippen molar-refractivity contribution in [2.24, 2.45) is 5.92 Å². The van der Waals surface area contributed by atoms with Crippen LogP contribution in [0.25, 0.3) is 0 Å². The topological polar surface area (TPSA) is 99.2 Å². The van der Waals surface area contributed by atoms with E-state index in [9.17, 15) is 15.2 Å². The molecule has 0 heterocycles. The van der Waals surface area contributed by atoms with Gasteiger partial charge in [-0.2, -0.15) is 5.26 Å². The van der Waals surface area contributed by atoms with Gasteiger partial charge in [0.25, 0.3) is 5.69 Å². The van der Waals surface area contributed by atoms with E-state index < -0.39 is 4.92 Å². The Morgan fingerprint density at radius 2 is 2.22 bits per heavy atom. The van der Waals surface area contributed by atoms with Crippen molar-refractivity contribution in [2.45, 2.75) is 19.9 Å². The Morgan fingerprint density at radius 1 is 1.56 bits per heavy atom. The molecule has 0 amide bonds. The summed E-state index contributed by atoms with van der Waals surface area (Å²) in [5, 5.41) is 31.8. The van der Waals surface area contributed by atoms with Crippen molar-refractivity contribution in [1.29, 1.82) is 5.26 Å². The second kappa shape index (κ2) is 5.98. The zero-order valence-electron chi connectivity index (χ0n) is 10.3. The molecule has 0 fully saturated rings. The first-order valence-electron chi connectivity index (χ1n) is 5.55. The SMILES string of the molecule is CC(C)[C@@H](CO)Nc1ccc([N+](=O)[O-])cc1C#N. The highest BCUT2D eigenvalue weighted by Gasteiger charge is 2.16. The molecule has 1 aromatic carbocycles. The van der Waals surface area contributed by atoms with Gasteiger partial charge in [-0.25, -0.2) is 0 Å². The third-order valence-electron chi connectivity index (χ3n) is 2.68. The highest BCUT2D eigenvalue weighted by Crippen LogP contribution is 2.23. The first-order chi connectivity index (χ1) is 8.49. The van der Waals surface area contributed by atoms with Crippen LogP contribution < -0.4 is 5.32 Å². The van der Waals surface area contributed by atoms with E-state index in [1.54, 1.807) is 0 Å². The monoisotopic (exact) mass is 249 g/mol. The van der Waals surface area contributed by atoms with Crippen molar-refractivity contribution >= 4 is 11.4 Å². The summed E-state index contributed by atoms with van der Waals surface area (Å²) in [7, 11) is 0. The second-order valence-electron chi connectivity index (χ2n) is 4.28. The minimum atomic E-state index is -0.545. The van der Waals surface area contributed by atoms with Gasteiger partial charge in [-0.15, -0.1) is 0 Å². The third-order valence-corrected chi connectivity index (χ3v) is 2.68. The van der Waals surface area contributed by atoms with Gasteiger partial charge in [0.15, 0.2) is 0 Å². The Balaban J connectivity index is 3.03. The molecule has 0 aliphatic heterocycles. The molecule has 0 saturated carbocycles. The van der Waals surface area contributed by atoms with Crippen molar-refractivity contribution in [3.05, 3.63) is 33.9 Å². The number of hydrogen-bond donors (Lipinski definition) is 2. The van der Waals surface area contributed by atoms with Gasteiger partial charge >= 0.3 is 0 Å². The van der Waals surface area contributed by atoms with Crippen LogP contribution in [0.15, 0.2) is 18.2 Å². The number of nitriles is 1. The molecule has 0 bridgehead atoms. The maximum atomic E-state index is 10.6. The van der Waals surface area contributed by atoms with E-state index in [1.807, 2.05) is 19.9 Å². The van der Waals surface area contributed by atoms with Crippen molar-refractivity contribution in [3.63, 3.8) is 0 Å². The molecule has 0 aliphatic rings. The van der Waals surface area contributed by atoms with Gasteiger partial charge in [-0.1, -0.05) is 13.8 Å². The Morgan fingerprint density at radius 3 is 2.67 bits per heavy atom. The standard InChI is InChI=1S/C12H15N3O3/c1-8(2)12(7-16)14-11-4-3-10(15(17)18)5-9(11)6-13/h3-5,8,12,14,16H,7H2,1-2H3/t12-/m1/s1. The first kappa shape index (κ1) is 13.9. The first-order valence-corrected chi connectivity index (χ1v) is 5.55. The molecule has 1 rings (SSSR count). The number of nitrogens with one attached hydrogen (secondary N) is 1. The number of nitro benzene ring substituents is 1. The number of nitro groups is 1. The largest absolute Gasteiger partial charge is 0.394 e. The van der Waals surface area contributed by atoms with E-state index in [2.05, 4.69) is 5.32 Å². The predicted molar refractivity (Wildman–Crippen MR) is 67.1 cm³/mol. The van der Waals surface area contributed by atoms with Gasteiger partial charge in [0.1, 0.15) is 6.07 Å². The van der Waals surface area contributed by atoms with Gasteiger partial charge in [-0.3, -0.25) is 10.1 Å². The van der Waals surface area contributed by atoms with Crippen molar-refractivity contribution in [2.75, 3.05) is 11.9 Å². The smallest absolute Gasteiger partial charge is 0.270 e. The molecule has 6 heteroatoms. The minimum absolute atomic E-state index is 0.0699. The van der Waals surface area contributed by atoms with E-state index >= 15 is 0 Å². The molecule has 0 unspecified atom stereocenters. The number of aliphatic hydroxyl groups is 1. The fraction of sp³-hybridized carbons (Fsp3) is 0.417. The maximum Gasteiger partial charge on any atom is 0.270 e. The van der Waals surface area contributed by atoms with E-state index in [1.165, 1.54) is 18.2 Å². The van der Waals surface area contributed by atoms with E-state index in [-0.39, 0.29) is 29.8 Å². The number of non-ortho nitro benzene ring substituents is 1. The highest BCUT2D eigenvalue weighted by atomic mass is 16.6. The lowest BCUT2D eigenvalue weighted by Crippen LogP contribution is -2.29. The summed E-state index contributed by atoms with van der Waals surface area (Å²) < 4.78 is 0. The predicted octanol–water partition coefficient (Wildman–Crippen LogP) is 1.90. The zero-order valence-corrected chi connectivity index (χ0v) is 10.3. The molecule has 18 heavy (non-hydrogen) atoms. The lowest BCUT2D eigenvalue weighted by Gasteiger charge is -2.21. The minimum Gasteiger partial charge on any atom is -0.394 e. The fourth-order valence-corrected chi connectivity index (χ4v) is 1.49. The van der Waals surface area contributed by atoms with Gasteiger partial charge in [0.05, 0.1) is 28.8 Å². The Bertz CT molecular complexity index is 480. The van der Waals surface area contributed by atoms with E-state index in [0.29, 0.717) is 5.69 Å². The maximum absolute atomic E-state index is 10.6. The van der Waals surface area contributed by atoms with Gasteiger partial charge in [0, 0.05) is 12.1 Å². The highest BCUT2D eigenvalue weighted by molar-refractivity contribution is 5.61. The van der Waals surface area contributed by atoms with Gasteiger partial charge in [0.2, 0.25) is 0 Å². The van der Waals surface area contributed by atoms with Crippen molar-refractivity contribution in [3.8, 4) is 6.07 Å². The molecule has 0 radical (unpaired) electrons. The Kier molecular flexibility index (Phi) is 4.63. The van der Waals surface area contributed by atoms with Crippen LogP contribution in [0.1, 0.15) is 19.4 Å². The summed E-state index contributed by atoms with van der Waals surface area (Å²) in [6.07, 6.45) is 0. The molecule has 2 N–H and O–H groups in total. The van der Waals surface area contributed by atoms with Crippen molar-refractivity contribution < 1.29 is 10.0 Å². The zero-order chi connectivity index (χ0) is 13.7. The molecule has 96 valence electrons. The molecule has 6 nitrogen and oxygen atoms in total. The molecular weight excluding hydrogens is 234 g/mol. The van der Waals surface area contributed by atoms with Crippen LogP contribution in [0.5, 0.6) is 0 Å². The summed E-state index contributed by atoms with van der Waals surface area (Å²) in [4.78, 5) is 10.1. The summed E-state index contributed by atoms with van der Waals surface area (Å²) >= 11 is 0. The molecular formula is C12H15N3O3. The Hall–Kier alpha value is -2.13. The normalized spacial score (nSPS) is 11.9. The van der Waals surface area contributed by atoms with Crippen LogP contribution in [-0.4, -0.2) is 22.7 Å². The lowest BCUT2D eigenvalue weighted by molar-refractivity contribution is -0.384. The molecule has 0 aromatic heterocycles. The van der Waals surface area contributed by atoms with Crippen molar-refractivity contribution in [1.82, 2.24) is 0 Å². The fourth-order valence-electron chi connectivity index (χ4n) is 1.49. The van der Waals surface area contributed by atoms with Gasteiger partial charge < -0.3 is 10.4 Å². The van der Waals surface area contributed by atoms with Crippen LogP contribution in [0.4, 0.5) is 11.4 Å². The summed E-state index contributed by atoms with van der Waals surface area (Å²) in [6, 6.07) is 5.75. The lowest BCUT2D eigenvalue weighted by atomic mass is 10.0. The number of anilines is 1. The molecule has 1 atom stereocenters. The van der Waals surface area contributed by atoms with E-state index in [4.69, 9.17) is 5.26 Å². The van der Waals surface area contributed by atoms with Crippen LogP contribution in [0.3, 0.4) is 0 Å². The average Bonchev–Trinajstić information content (AvgIpc) is 2.35. The van der Waals surface area contributed by atoms with Crippen LogP contribution in [0, 0.1) is 27.4 Å². The van der Waals surface area contributed by atoms with Gasteiger partial charge in [-0.05, 0) is 12.0 Å². The number of benzene rings is 1. The number of aliphatic hydroxyl groups excluding tert-OH is 1.